The van der Waals surface area contributed by atoms with Gasteiger partial charge in [0.1, 0.15) is 11.5 Å². The fourth-order valence-electron chi connectivity index (χ4n) is 6.91. The van der Waals surface area contributed by atoms with E-state index in [4.69, 9.17) is 18.5 Å². The molecule has 2 aliphatic rings. The van der Waals surface area contributed by atoms with E-state index in [2.05, 4.69) is 13.2 Å². The van der Waals surface area contributed by atoms with Crippen LogP contribution in [0.5, 0.6) is 11.5 Å². The second kappa shape index (κ2) is 13.1. The van der Waals surface area contributed by atoms with Gasteiger partial charge in [-0.1, -0.05) is 109 Å². The van der Waals surface area contributed by atoms with Crippen LogP contribution in [0.1, 0.15) is 22.8 Å². The van der Waals surface area contributed by atoms with Crippen LogP contribution in [0.2, 0.25) is 0 Å². The van der Waals surface area contributed by atoms with Crippen LogP contribution in [0.15, 0.2) is 159 Å². The molecule has 0 radical (unpaired) electrons. The molecule has 0 saturated carbocycles. The summed E-state index contributed by atoms with van der Waals surface area (Å²) in [5, 5.41) is 2.99. The molecule has 4 unspecified atom stereocenters. The number of para-hydroxylation sites is 2. The minimum absolute atomic E-state index is 0.182. The lowest BCUT2D eigenvalue weighted by Crippen LogP contribution is -2.24. The Morgan fingerprint density at radius 2 is 0.900 bits per heavy atom. The summed E-state index contributed by atoms with van der Waals surface area (Å²) in [6.07, 6.45) is 3.29. The van der Waals surface area contributed by atoms with E-state index in [1.807, 2.05) is 133 Å². The Morgan fingerprint density at radius 3 is 1.32 bits per heavy atom. The van der Waals surface area contributed by atoms with Crippen molar-refractivity contribution in [1.82, 2.24) is 0 Å². The van der Waals surface area contributed by atoms with Gasteiger partial charge in [-0.2, -0.15) is 0 Å². The molecule has 2 aliphatic heterocycles. The summed E-state index contributed by atoms with van der Waals surface area (Å²) in [5.74, 6) is -0.680. The molecule has 0 aliphatic carbocycles. The topological polar surface area (TPSA) is 71.1 Å². The molecule has 6 nitrogen and oxygen atoms in total. The molecule has 6 aromatic rings. The number of fused-ring (bicyclic) bond motifs is 7. The smallest absolute Gasteiger partial charge is 0.310 e. The highest BCUT2D eigenvalue weighted by Crippen LogP contribution is 2.65. The molecule has 0 saturated heterocycles. The molecule has 0 spiro atoms. The summed E-state index contributed by atoms with van der Waals surface area (Å²) in [6, 6.07) is 42.2. The van der Waals surface area contributed by atoms with Crippen LogP contribution < -0.4 is 19.7 Å². The maximum atomic E-state index is 15.2. The van der Waals surface area contributed by atoms with Crippen molar-refractivity contribution in [3.63, 3.8) is 0 Å². The second-order valence-electron chi connectivity index (χ2n) is 12.2. The lowest BCUT2D eigenvalue weighted by Gasteiger charge is -2.34. The molecule has 0 N–H and O–H groups in total. The lowest BCUT2D eigenvalue weighted by molar-refractivity contribution is 0.124. The van der Waals surface area contributed by atoms with Crippen molar-refractivity contribution in [2.24, 2.45) is 0 Å². The SMILES string of the molecule is C=CCOC(c1ccc2cc(C(OCC=C)P3(=O)Oc4ccccc4-c4ccccc43)ccc2c1)P1(=O)Oc2ccccc2-c2ccccc21. The predicted octanol–water partition coefficient (Wildman–Crippen LogP) is 10.6. The summed E-state index contributed by atoms with van der Waals surface area (Å²) in [4.78, 5) is 0. The average molecular weight is 697 g/mol. The van der Waals surface area contributed by atoms with Crippen molar-refractivity contribution in [3.05, 3.63) is 170 Å². The van der Waals surface area contributed by atoms with E-state index in [-0.39, 0.29) is 13.2 Å². The first kappa shape index (κ1) is 32.3. The Morgan fingerprint density at radius 1 is 0.520 bits per heavy atom. The van der Waals surface area contributed by atoms with E-state index < -0.39 is 26.4 Å². The Balaban J connectivity index is 1.21. The van der Waals surface area contributed by atoms with Crippen LogP contribution in [0.3, 0.4) is 0 Å². The molecular formula is C42H34O6P2. The molecule has 0 aromatic heterocycles. The van der Waals surface area contributed by atoms with Gasteiger partial charge in [0.15, 0.2) is 11.7 Å². The number of hydrogen-bond acceptors (Lipinski definition) is 6. The van der Waals surface area contributed by atoms with Gasteiger partial charge in [-0.05, 0) is 69.4 Å². The minimum Gasteiger partial charge on any atom is -0.437 e. The van der Waals surface area contributed by atoms with Crippen LogP contribution in [0.25, 0.3) is 33.0 Å². The van der Waals surface area contributed by atoms with Crippen molar-refractivity contribution in [2.75, 3.05) is 13.2 Å². The third-order valence-corrected chi connectivity index (χ3v) is 14.3. The van der Waals surface area contributed by atoms with Crippen molar-refractivity contribution in [1.29, 1.82) is 0 Å². The molecule has 248 valence electrons. The average Bonchev–Trinajstić information content (AvgIpc) is 3.15. The zero-order valence-corrected chi connectivity index (χ0v) is 29.0. The number of rotatable bonds is 10. The maximum Gasteiger partial charge on any atom is 0.310 e. The van der Waals surface area contributed by atoms with Crippen LogP contribution >= 0.6 is 14.7 Å². The zero-order chi connectivity index (χ0) is 34.3. The molecular weight excluding hydrogens is 662 g/mol. The van der Waals surface area contributed by atoms with Gasteiger partial charge in [0.05, 0.1) is 23.8 Å². The largest absolute Gasteiger partial charge is 0.437 e. The summed E-state index contributed by atoms with van der Waals surface area (Å²) >= 11 is 0. The summed E-state index contributed by atoms with van der Waals surface area (Å²) in [6.45, 7) is 8.03. The zero-order valence-electron chi connectivity index (χ0n) is 27.2. The Hall–Kier alpha value is -4.96. The van der Waals surface area contributed by atoms with Crippen LogP contribution in [-0.2, 0) is 18.6 Å². The highest BCUT2D eigenvalue weighted by molar-refractivity contribution is 7.68. The van der Waals surface area contributed by atoms with Crippen molar-refractivity contribution < 1.29 is 27.7 Å². The third kappa shape index (κ3) is 5.37. The first-order chi connectivity index (χ1) is 24.4. The van der Waals surface area contributed by atoms with E-state index in [0.717, 1.165) is 33.0 Å². The fourth-order valence-corrected chi connectivity index (χ4v) is 12.0. The van der Waals surface area contributed by atoms with Crippen molar-refractivity contribution >= 4 is 36.1 Å². The van der Waals surface area contributed by atoms with Crippen LogP contribution in [0.4, 0.5) is 0 Å². The molecule has 6 aromatic carbocycles. The van der Waals surface area contributed by atoms with E-state index >= 15 is 9.13 Å². The first-order valence-electron chi connectivity index (χ1n) is 16.4. The molecule has 50 heavy (non-hydrogen) atoms. The van der Waals surface area contributed by atoms with Gasteiger partial charge in [-0.15, -0.1) is 13.2 Å². The number of hydrogen-bond donors (Lipinski definition) is 0. The van der Waals surface area contributed by atoms with Crippen molar-refractivity contribution in [3.8, 4) is 33.8 Å². The monoisotopic (exact) mass is 696 g/mol. The minimum atomic E-state index is -3.65. The van der Waals surface area contributed by atoms with Gasteiger partial charge < -0.3 is 18.5 Å². The lowest BCUT2D eigenvalue weighted by atomic mass is 10.0. The van der Waals surface area contributed by atoms with Crippen molar-refractivity contribution in [2.45, 2.75) is 11.7 Å². The Bertz CT molecular complexity index is 2220. The van der Waals surface area contributed by atoms with Gasteiger partial charge >= 0.3 is 14.7 Å². The van der Waals surface area contributed by atoms with Gasteiger partial charge in [-0.3, -0.25) is 9.13 Å². The molecule has 2 heterocycles. The van der Waals surface area contributed by atoms with Gasteiger partial charge in [-0.25, -0.2) is 0 Å². The quantitative estimate of drug-likeness (QED) is 0.105. The fraction of sp³-hybridized carbons (Fsp3) is 0.0952. The molecule has 0 amide bonds. The molecule has 0 bridgehead atoms. The van der Waals surface area contributed by atoms with Gasteiger partial charge in [0, 0.05) is 11.1 Å². The predicted molar refractivity (Wildman–Crippen MR) is 201 cm³/mol. The Labute approximate surface area is 291 Å². The van der Waals surface area contributed by atoms with Crippen LogP contribution in [0, 0.1) is 0 Å². The van der Waals surface area contributed by atoms with E-state index in [1.54, 1.807) is 12.2 Å². The third-order valence-electron chi connectivity index (χ3n) is 9.12. The molecule has 4 atom stereocenters. The molecule has 8 heteroatoms. The summed E-state index contributed by atoms with van der Waals surface area (Å²) in [5.41, 5.74) is 4.93. The molecule has 0 fully saturated rings. The summed E-state index contributed by atoms with van der Waals surface area (Å²) in [7, 11) is -7.30. The second-order valence-corrected chi connectivity index (χ2v) is 16.9. The van der Waals surface area contributed by atoms with Crippen LogP contribution in [-0.4, -0.2) is 13.2 Å². The highest BCUT2D eigenvalue weighted by atomic mass is 31.2. The normalized spacial score (nSPS) is 19.8. The standard InChI is InChI=1S/C42H34O6P2/c1-3-25-45-41(49(43)39-19-11-7-15-35(39)33-13-5-9-17-37(33)47-49)31-23-21-30-28-32(24-22-29(30)27-31)42(46-26-4-2)50(44)40-20-12-8-16-36(40)34-14-6-10-18-38(34)48-50/h3-24,27-28,41-42H,1-2,25-26H2. The maximum absolute atomic E-state index is 15.2. The van der Waals surface area contributed by atoms with E-state index in [1.165, 1.54) is 0 Å². The number of ether oxygens (including phenoxy) is 2. The van der Waals surface area contributed by atoms with E-state index in [0.29, 0.717) is 33.2 Å². The summed E-state index contributed by atoms with van der Waals surface area (Å²) < 4.78 is 55.8. The molecule has 8 rings (SSSR count). The number of benzene rings is 6. The van der Waals surface area contributed by atoms with Gasteiger partial charge in [0.2, 0.25) is 0 Å². The van der Waals surface area contributed by atoms with Gasteiger partial charge in [0.25, 0.3) is 0 Å². The Kier molecular flexibility index (Phi) is 8.42. The van der Waals surface area contributed by atoms with E-state index in [9.17, 15) is 0 Å². The highest BCUT2D eigenvalue weighted by Gasteiger charge is 2.46. The first-order valence-corrected chi connectivity index (χ1v) is 19.8.